The monoisotopic (exact) mass is 556 g/mol. The summed E-state index contributed by atoms with van der Waals surface area (Å²) in [6, 6.07) is 10.1. The number of hydrogen-bond acceptors (Lipinski definition) is 7. The van der Waals surface area contributed by atoms with Crippen molar-refractivity contribution in [1.82, 2.24) is 30.0 Å². The maximum Gasteiger partial charge on any atom is 0.253 e. The molecular weight excluding hydrogens is 516 g/mol. The highest BCUT2D eigenvalue weighted by Crippen LogP contribution is 2.30. The average molecular weight is 557 g/mol. The minimum absolute atomic E-state index is 0.122. The highest BCUT2D eigenvalue weighted by Gasteiger charge is 2.20. The van der Waals surface area contributed by atoms with Crippen LogP contribution < -0.4 is 21.5 Å². The van der Waals surface area contributed by atoms with Crippen molar-refractivity contribution in [1.29, 1.82) is 0 Å². The van der Waals surface area contributed by atoms with E-state index in [2.05, 4.69) is 57.2 Å². The summed E-state index contributed by atoms with van der Waals surface area (Å²) in [6.07, 6.45) is 4.65. The van der Waals surface area contributed by atoms with Gasteiger partial charge in [0.2, 0.25) is 0 Å². The number of nitrogens with zero attached hydrogens (tertiary/aromatic N) is 5. The molecule has 1 amide bonds. The molecule has 216 valence electrons. The summed E-state index contributed by atoms with van der Waals surface area (Å²) in [5, 5.41) is 8.31. The second kappa shape index (κ2) is 12.2. The lowest BCUT2D eigenvalue weighted by Gasteiger charge is -2.35. The van der Waals surface area contributed by atoms with Crippen LogP contribution in [-0.2, 0) is 6.54 Å². The van der Waals surface area contributed by atoms with E-state index in [1.54, 1.807) is 6.20 Å². The number of nitrogens with one attached hydrogen (secondary N) is 2. The zero-order chi connectivity index (χ0) is 29.1. The lowest BCUT2D eigenvalue weighted by atomic mass is 10.0. The molecule has 3 aromatic heterocycles. The molecular formula is C31H40N8O2. The Morgan fingerprint density at radius 1 is 1.07 bits per heavy atom. The lowest BCUT2D eigenvalue weighted by Crippen LogP contribution is -2.47. The van der Waals surface area contributed by atoms with E-state index in [4.69, 9.17) is 10.7 Å². The summed E-state index contributed by atoms with van der Waals surface area (Å²) in [7, 11) is 0. The Bertz CT molecular complexity index is 1580. The zero-order valence-electron chi connectivity index (χ0n) is 24.4. The minimum atomic E-state index is -0.253. The molecule has 4 heterocycles. The zero-order valence-corrected chi connectivity index (χ0v) is 24.4. The molecule has 1 aromatic carbocycles. The van der Waals surface area contributed by atoms with Gasteiger partial charge >= 0.3 is 0 Å². The van der Waals surface area contributed by atoms with Crippen LogP contribution >= 0.6 is 0 Å². The number of anilines is 1. The van der Waals surface area contributed by atoms with E-state index < -0.39 is 0 Å². The number of aromatic amines is 1. The van der Waals surface area contributed by atoms with E-state index in [0.717, 1.165) is 84.8 Å². The molecule has 0 bridgehead atoms. The molecule has 0 atom stereocenters. The van der Waals surface area contributed by atoms with Crippen LogP contribution in [0.15, 0.2) is 47.5 Å². The van der Waals surface area contributed by atoms with E-state index in [1.165, 1.54) is 0 Å². The van der Waals surface area contributed by atoms with Crippen LogP contribution in [0.1, 0.15) is 53.5 Å². The normalized spacial score (nSPS) is 14.2. The van der Waals surface area contributed by atoms with Crippen molar-refractivity contribution in [2.24, 2.45) is 5.73 Å². The number of aromatic nitrogens is 4. The number of benzene rings is 1. The number of pyridine rings is 2. The molecule has 10 nitrogen and oxygen atoms in total. The quantitative estimate of drug-likeness (QED) is 0.289. The molecule has 0 spiro atoms. The fourth-order valence-corrected chi connectivity index (χ4v) is 5.54. The molecule has 0 aliphatic carbocycles. The van der Waals surface area contributed by atoms with Gasteiger partial charge in [-0.3, -0.25) is 19.2 Å². The third-order valence-electron chi connectivity index (χ3n) is 7.83. The Morgan fingerprint density at radius 3 is 2.51 bits per heavy atom. The van der Waals surface area contributed by atoms with Gasteiger partial charge in [-0.1, -0.05) is 0 Å². The second-order valence-electron chi connectivity index (χ2n) is 11.1. The number of carbonyl (C=O) groups is 1. The van der Waals surface area contributed by atoms with Gasteiger partial charge < -0.3 is 20.9 Å². The number of amides is 1. The number of nitrogens with two attached hydrogens (primary N) is 1. The largest absolute Gasteiger partial charge is 0.354 e. The van der Waals surface area contributed by atoms with Crippen LogP contribution in [0.3, 0.4) is 0 Å². The smallest absolute Gasteiger partial charge is 0.253 e. The second-order valence-corrected chi connectivity index (χ2v) is 11.1. The average Bonchev–Trinajstić information content (AvgIpc) is 3.40. The summed E-state index contributed by atoms with van der Waals surface area (Å²) in [6.45, 7) is 13.7. The Kier molecular flexibility index (Phi) is 8.51. The molecule has 4 aromatic rings. The van der Waals surface area contributed by atoms with E-state index in [1.807, 2.05) is 36.9 Å². The predicted molar refractivity (Wildman–Crippen MR) is 163 cm³/mol. The standard InChI is InChI=1S/C31H40N8O2/c1-20(2)39-28-16-24(23-6-7-29(33-17-23)38-12-10-37(11-13-38)9-5-8-32)15-25(27(28)19-35-39)30(40)34-18-26-21(3)14-22(4)36-31(26)41/h6-7,14-17,19-20H,5,8-13,18,32H2,1-4H3,(H,34,40)(H,36,41). The Hall–Kier alpha value is -4.02. The molecule has 0 radical (unpaired) electrons. The van der Waals surface area contributed by atoms with Crippen LogP contribution in [0.5, 0.6) is 0 Å². The van der Waals surface area contributed by atoms with Crippen molar-refractivity contribution >= 4 is 22.6 Å². The van der Waals surface area contributed by atoms with Crippen molar-refractivity contribution in [2.45, 2.75) is 46.7 Å². The first kappa shape index (κ1) is 28.5. The molecule has 0 saturated carbocycles. The molecule has 1 aliphatic heterocycles. The van der Waals surface area contributed by atoms with E-state index in [0.29, 0.717) is 11.1 Å². The first-order chi connectivity index (χ1) is 19.7. The van der Waals surface area contributed by atoms with Crippen LogP contribution in [0.25, 0.3) is 22.0 Å². The Labute approximate surface area is 240 Å². The van der Waals surface area contributed by atoms with Gasteiger partial charge in [-0.25, -0.2) is 4.98 Å². The van der Waals surface area contributed by atoms with Gasteiger partial charge in [-0.15, -0.1) is 0 Å². The first-order valence-corrected chi connectivity index (χ1v) is 14.4. The van der Waals surface area contributed by atoms with Crippen molar-refractivity contribution in [3.8, 4) is 11.1 Å². The van der Waals surface area contributed by atoms with Gasteiger partial charge in [-0.05, 0) is 88.7 Å². The molecule has 10 heteroatoms. The SMILES string of the molecule is Cc1cc(C)c(CNC(=O)c2cc(-c3ccc(N4CCN(CCCN)CC4)nc3)cc3c2cnn3C(C)C)c(=O)[nH]1. The molecule has 1 aliphatic rings. The van der Waals surface area contributed by atoms with Crippen molar-refractivity contribution < 1.29 is 4.79 Å². The Balaban J connectivity index is 1.41. The topological polar surface area (TPSA) is 125 Å². The highest BCUT2D eigenvalue weighted by molar-refractivity contribution is 6.08. The van der Waals surface area contributed by atoms with Gasteiger partial charge in [0, 0.05) is 67.2 Å². The summed E-state index contributed by atoms with van der Waals surface area (Å²) in [4.78, 5) is 38.4. The van der Waals surface area contributed by atoms with Crippen molar-refractivity contribution in [3.63, 3.8) is 0 Å². The van der Waals surface area contributed by atoms with Crippen LogP contribution in [-0.4, -0.2) is 69.8 Å². The number of rotatable bonds is 9. The van der Waals surface area contributed by atoms with E-state index in [-0.39, 0.29) is 24.1 Å². The third-order valence-corrected chi connectivity index (χ3v) is 7.83. The molecule has 4 N–H and O–H groups in total. The third kappa shape index (κ3) is 6.18. The number of piperazine rings is 1. The summed E-state index contributed by atoms with van der Waals surface area (Å²) in [5.41, 5.74) is 10.9. The van der Waals surface area contributed by atoms with Crippen LogP contribution in [0.2, 0.25) is 0 Å². The Morgan fingerprint density at radius 2 is 1.85 bits per heavy atom. The van der Waals surface area contributed by atoms with Gasteiger partial charge in [-0.2, -0.15) is 5.10 Å². The highest BCUT2D eigenvalue weighted by atomic mass is 16.1. The molecule has 41 heavy (non-hydrogen) atoms. The van der Waals surface area contributed by atoms with E-state index >= 15 is 0 Å². The minimum Gasteiger partial charge on any atom is -0.354 e. The van der Waals surface area contributed by atoms with Crippen LogP contribution in [0, 0.1) is 13.8 Å². The maximum absolute atomic E-state index is 13.5. The molecule has 1 fully saturated rings. The van der Waals surface area contributed by atoms with Gasteiger partial charge in [0.1, 0.15) is 5.82 Å². The number of H-pyrrole nitrogens is 1. The summed E-state index contributed by atoms with van der Waals surface area (Å²) in [5.74, 6) is 0.703. The number of aryl methyl sites for hydroxylation is 2. The van der Waals surface area contributed by atoms with Gasteiger partial charge in [0.05, 0.1) is 17.3 Å². The summed E-state index contributed by atoms with van der Waals surface area (Å²) < 4.78 is 1.93. The van der Waals surface area contributed by atoms with Crippen molar-refractivity contribution in [2.75, 3.05) is 44.2 Å². The number of fused-ring (bicyclic) bond motifs is 1. The van der Waals surface area contributed by atoms with Crippen molar-refractivity contribution in [3.05, 3.63) is 75.5 Å². The fourth-order valence-electron chi connectivity index (χ4n) is 5.54. The fraction of sp³-hybridized carbons (Fsp3) is 0.419. The van der Waals surface area contributed by atoms with Gasteiger partial charge in [0.15, 0.2) is 0 Å². The van der Waals surface area contributed by atoms with E-state index in [9.17, 15) is 9.59 Å². The van der Waals surface area contributed by atoms with Gasteiger partial charge in [0.25, 0.3) is 11.5 Å². The number of hydrogen-bond donors (Lipinski definition) is 3. The van der Waals surface area contributed by atoms with Crippen LogP contribution in [0.4, 0.5) is 5.82 Å². The first-order valence-electron chi connectivity index (χ1n) is 14.4. The maximum atomic E-state index is 13.5. The summed E-state index contributed by atoms with van der Waals surface area (Å²) >= 11 is 0. The molecule has 0 unspecified atom stereocenters. The molecule has 1 saturated heterocycles. The molecule has 5 rings (SSSR count). The lowest BCUT2D eigenvalue weighted by molar-refractivity contribution is 0.0952. The predicted octanol–water partition coefficient (Wildman–Crippen LogP) is 3.39. The number of carbonyl (C=O) groups excluding carboxylic acids is 1.